The normalized spacial score (nSPS) is 28.5. The maximum Gasteiger partial charge on any atom is 0.149 e. The molecule has 4 heteroatoms. The molecular weight excluding hydrogens is 234 g/mol. The van der Waals surface area contributed by atoms with Gasteiger partial charge >= 0.3 is 0 Å². The van der Waals surface area contributed by atoms with Gasteiger partial charge in [-0.2, -0.15) is 0 Å². The first-order valence-corrected chi connectivity index (χ1v) is 6.42. The molecule has 1 saturated heterocycles. The number of anilines is 1. The predicted octanol–water partition coefficient (Wildman–Crippen LogP) is 2.93. The van der Waals surface area contributed by atoms with Crippen LogP contribution in [0.15, 0.2) is 18.2 Å². The van der Waals surface area contributed by atoms with E-state index in [1.54, 1.807) is 0 Å². The minimum atomic E-state index is -0.530. The Morgan fingerprint density at radius 3 is 2.78 bits per heavy atom. The molecule has 100 valence electrons. The SMILES string of the molecule is CCC1(C)CN(c2ccc(F)cc2F)C(C)CN1. The number of rotatable bonds is 2. The van der Waals surface area contributed by atoms with Gasteiger partial charge in [0.1, 0.15) is 11.6 Å². The lowest BCUT2D eigenvalue weighted by molar-refractivity contribution is 0.284. The van der Waals surface area contributed by atoms with Crippen molar-refractivity contribution in [1.29, 1.82) is 0 Å². The molecule has 0 spiro atoms. The van der Waals surface area contributed by atoms with Gasteiger partial charge in [0, 0.05) is 30.7 Å². The summed E-state index contributed by atoms with van der Waals surface area (Å²) in [4.78, 5) is 2.02. The van der Waals surface area contributed by atoms with E-state index in [1.165, 1.54) is 12.1 Å². The van der Waals surface area contributed by atoms with E-state index in [0.717, 1.165) is 25.6 Å². The summed E-state index contributed by atoms with van der Waals surface area (Å²) in [6, 6.07) is 4.00. The molecule has 1 aromatic carbocycles. The fourth-order valence-electron chi connectivity index (χ4n) is 2.37. The van der Waals surface area contributed by atoms with E-state index in [2.05, 4.69) is 19.2 Å². The van der Waals surface area contributed by atoms with Crippen molar-refractivity contribution < 1.29 is 8.78 Å². The zero-order valence-corrected chi connectivity index (χ0v) is 11.1. The Morgan fingerprint density at radius 2 is 2.17 bits per heavy atom. The Morgan fingerprint density at radius 1 is 1.44 bits per heavy atom. The minimum absolute atomic E-state index is 0.0205. The Bertz CT molecular complexity index is 436. The summed E-state index contributed by atoms with van der Waals surface area (Å²) in [5.74, 6) is -1.01. The highest BCUT2D eigenvalue weighted by Crippen LogP contribution is 2.27. The van der Waals surface area contributed by atoms with Crippen molar-refractivity contribution >= 4 is 5.69 Å². The average molecular weight is 254 g/mol. The van der Waals surface area contributed by atoms with E-state index in [-0.39, 0.29) is 11.6 Å². The van der Waals surface area contributed by atoms with Gasteiger partial charge in [0.2, 0.25) is 0 Å². The lowest BCUT2D eigenvalue weighted by atomic mass is 9.93. The fraction of sp³-hybridized carbons (Fsp3) is 0.571. The molecule has 1 aromatic rings. The molecule has 0 bridgehead atoms. The number of hydrogen-bond acceptors (Lipinski definition) is 2. The highest BCUT2D eigenvalue weighted by atomic mass is 19.1. The number of halogens is 2. The van der Waals surface area contributed by atoms with E-state index in [9.17, 15) is 8.78 Å². The summed E-state index contributed by atoms with van der Waals surface area (Å²) in [5, 5.41) is 3.49. The maximum absolute atomic E-state index is 13.9. The van der Waals surface area contributed by atoms with Crippen molar-refractivity contribution in [2.75, 3.05) is 18.0 Å². The third-order valence-corrected chi connectivity index (χ3v) is 3.88. The lowest BCUT2D eigenvalue weighted by Crippen LogP contribution is -2.62. The molecule has 0 amide bonds. The summed E-state index contributed by atoms with van der Waals surface area (Å²) in [5.41, 5.74) is 0.470. The van der Waals surface area contributed by atoms with Gasteiger partial charge in [-0.05, 0) is 32.4 Å². The average Bonchev–Trinajstić information content (AvgIpc) is 2.33. The minimum Gasteiger partial charge on any atom is -0.363 e. The molecule has 18 heavy (non-hydrogen) atoms. The van der Waals surface area contributed by atoms with Crippen LogP contribution in [0.2, 0.25) is 0 Å². The highest BCUT2D eigenvalue weighted by molar-refractivity contribution is 5.50. The second-order valence-electron chi connectivity index (χ2n) is 5.37. The smallest absolute Gasteiger partial charge is 0.149 e. The van der Waals surface area contributed by atoms with Crippen LogP contribution < -0.4 is 10.2 Å². The monoisotopic (exact) mass is 254 g/mol. The van der Waals surface area contributed by atoms with Gasteiger partial charge in [-0.25, -0.2) is 8.78 Å². The van der Waals surface area contributed by atoms with Crippen LogP contribution in [0, 0.1) is 11.6 Å². The first kappa shape index (κ1) is 13.3. The Labute approximate surface area is 107 Å². The van der Waals surface area contributed by atoms with Crippen LogP contribution >= 0.6 is 0 Å². The molecule has 1 heterocycles. The van der Waals surface area contributed by atoms with Crippen molar-refractivity contribution in [2.24, 2.45) is 0 Å². The fourth-order valence-corrected chi connectivity index (χ4v) is 2.37. The quantitative estimate of drug-likeness (QED) is 0.873. The van der Waals surface area contributed by atoms with Crippen LogP contribution in [0.5, 0.6) is 0 Å². The molecule has 0 saturated carbocycles. The molecule has 1 N–H and O–H groups in total. The number of nitrogens with zero attached hydrogens (tertiary/aromatic N) is 1. The molecule has 1 aliphatic heterocycles. The number of nitrogens with one attached hydrogen (secondary N) is 1. The van der Waals surface area contributed by atoms with E-state index < -0.39 is 11.6 Å². The molecule has 2 nitrogen and oxygen atoms in total. The third kappa shape index (κ3) is 2.48. The number of piperazine rings is 1. The molecule has 0 radical (unpaired) electrons. The number of hydrogen-bond donors (Lipinski definition) is 1. The summed E-state index contributed by atoms with van der Waals surface area (Å²) in [6.45, 7) is 7.83. The summed E-state index contributed by atoms with van der Waals surface area (Å²) in [6.07, 6.45) is 0.971. The first-order valence-electron chi connectivity index (χ1n) is 6.42. The molecule has 2 unspecified atom stereocenters. The van der Waals surface area contributed by atoms with Crippen LogP contribution in [0.25, 0.3) is 0 Å². The summed E-state index contributed by atoms with van der Waals surface area (Å²) in [7, 11) is 0. The maximum atomic E-state index is 13.9. The standard InChI is InChI=1S/C14H20F2N2/c1-4-14(3)9-18(10(2)8-17-14)13-6-5-11(15)7-12(13)16/h5-7,10,17H,4,8-9H2,1-3H3. The van der Waals surface area contributed by atoms with Gasteiger partial charge in [0.25, 0.3) is 0 Å². The molecule has 1 aliphatic rings. The van der Waals surface area contributed by atoms with Crippen LogP contribution in [0.3, 0.4) is 0 Å². The van der Waals surface area contributed by atoms with Crippen molar-refractivity contribution in [3.63, 3.8) is 0 Å². The summed E-state index contributed by atoms with van der Waals surface area (Å²) >= 11 is 0. The van der Waals surface area contributed by atoms with Gasteiger partial charge in [0.15, 0.2) is 0 Å². The highest BCUT2D eigenvalue weighted by Gasteiger charge is 2.33. The van der Waals surface area contributed by atoms with Crippen LogP contribution in [0.1, 0.15) is 27.2 Å². The van der Waals surface area contributed by atoms with Gasteiger partial charge in [-0.3, -0.25) is 0 Å². The zero-order valence-electron chi connectivity index (χ0n) is 11.1. The van der Waals surface area contributed by atoms with Gasteiger partial charge in [0.05, 0.1) is 5.69 Å². The second kappa shape index (κ2) is 4.84. The van der Waals surface area contributed by atoms with Crippen molar-refractivity contribution in [3.05, 3.63) is 29.8 Å². The lowest BCUT2D eigenvalue weighted by Gasteiger charge is -2.46. The van der Waals surface area contributed by atoms with Crippen molar-refractivity contribution in [3.8, 4) is 0 Å². The second-order valence-corrected chi connectivity index (χ2v) is 5.37. The van der Waals surface area contributed by atoms with Gasteiger partial charge in [-0.15, -0.1) is 0 Å². The molecule has 0 aliphatic carbocycles. The zero-order chi connectivity index (χ0) is 13.3. The van der Waals surface area contributed by atoms with Gasteiger partial charge in [-0.1, -0.05) is 6.92 Å². The van der Waals surface area contributed by atoms with E-state index in [0.29, 0.717) is 5.69 Å². The summed E-state index contributed by atoms with van der Waals surface area (Å²) < 4.78 is 26.8. The third-order valence-electron chi connectivity index (χ3n) is 3.88. The molecule has 0 aromatic heterocycles. The molecule has 1 fully saturated rings. The van der Waals surface area contributed by atoms with E-state index >= 15 is 0 Å². The van der Waals surface area contributed by atoms with E-state index in [1.807, 2.05) is 11.8 Å². The van der Waals surface area contributed by atoms with Crippen LogP contribution in [-0.2, 0) is 0 Å². The number of benzene rings is 1. The first-order chi connectivity index (χ1) is 8.45. The van der Waals surface area contributed by atoms with Crippen LogP contribution in [0.4, 0.5) is 14.5 Å². The Kier molecular flexibility index (Phi) is 3.57. The molecule has 2 atom stereocenters. The van der Waals surface area contributed by atoms with Crippen molar-refractivity contribution in [2.45, 2.75) is 38.8 Å². The largest absolute Gasteiger partial charge is 0.363 e. The predicted molar refractivity (Wildman–Crippen MR) is 69.9 cm³/mol. The Hall–Kier alpha value is -1.16. The topological polar surface area (TPSA) is 15.3 Å². The van der Waals surface area contributed by atoms with Gasteiger partial charge < -0.3 is 10.2 Å². The van der Waals surface area contributed by atoms with Crippen LogP contribution in [-0.4, -0.2) is 24.7 Å². The molecule has 2 rings (SSSR count). The van der Waals surface area contributed by atoms with Crippen molar-refractivity contribution in [1.82, 2.24) is 5.32 Å². The molecular formula is C14H20F2N2. The Balaban J connectivity index is 2.30. The van der Waals surface area contributed by atoms with E-state index in [4.69, 9.17) is 0 Å².